The summed E-state index contributed by atoms with van der Waals surface area (Å²) in [4.78, 5) is 23.4. The third-order valence-electron chi connectivity index (χ3n) is 3.49. The summed E-state index contributed by atoms with van der Waals surface area (Å²) in [5.74, 6) is 0.114. The lowest BCUT2D eigenvalue weighted by Gasteiger charge is -2.32. The van der Waals surface area contributed by atoms with Crippen LogP contribution in [0.3, 0.4) is 0 Å². The van der Waals surface area contributed by atoms with Crippen molar-refractivity contribution in [1.82, 2.24) is 16.0 Å². The molecule has 1 aliphatic rings. The molecule has 3 N–H and O–H groups in total. The highest BCUT2D eigenvalue weighted by atomic mass is 16.2. The van der Waals surface area contributed by atoms with Gasteiger partial charge in [0.15, 0.2) is 0 Å². The fraction of sp³-hybridized carbons (Fsp3) is 0.846. The maximum absolute atomic E-state index is 12.0. The van der Waals surface area contributed by atoms with Gasteiger partial charge in [0.25, 0.3) is 0 Å². The normalized spacial score (nSPS) is 18.4. The number of piperidine rings is 1. The first kappa shape index (κ1) is 15.0. The van der Waals surface area contributed by atoms with Gasteiger partial charge in [0, 0.05) is 24.4 Å². The van der Waals surface area contributed by atoms with Crippen LogP contribution < -0.4 is 16.0 Å². The number of hydrogen-bond donors (Lipinski definition) is 3. The second-order valence-electron chi connectivity index (χ2n) is 5.51. The van der Waals surface area contributed by atoms with Crippen LogP contribution in [0.4, 0.5) is 0 Å². The zero-order valence-corrected chi connectivity index (χ0v) is 11.6. The standard InChI is InChI=1S/C13H25N3O2/c1-10(2)11(17)15-8-9-16-12(18)13(3)4-6-14-7-5-13/h10,14H,4-9H2,1-3H3,(H,15,17)(H,16,18). The van der Waals surface area contributed by atoms with E-state index in [4.69, 9.17) is 0 Å². The van der Waals surface area contributed by atoms with E-state index in [2.05, 4.69) is 16.0 Å². The van der Waals surface area contributed by atoms with Crippen LogP contribution in [-0.2, 0) is 9.59 Å². The lowest BCUT2D eigenvalue weighted by molar-refractivity contribution is -0.131. The van der Waals surface area contributed by atoms with Gasteiger partial charge in [-0.1, -0.05) is 20.8 Å². The number of carbonyl (C=O) groups is 2. The molecule has 0 aromatic heterocycles. The van der Waals surface area contributed by atoms with Crippen molar-refractivity contribution < 1.29 is 9.59 Å². The Bertz CT molecular complexity index is 297. The number of amides is 2. The van der Waals surface area contributed by atoms with Crippen LogP contribution >= 0.6 is 0 Å². The molecule has 0 saturated carbocycles. The molecule has 18 heavy (non-hydrogen) atoms. The Hall–Kier alpha value is -1.10. The Balaban J connectivity index is 2.22. The first-order chi connectivity index (χ1) is 8.46. The summed E-state index contributed by atoms with van der Waals surface area (Å²) in [7, 11) is 0. The molecule has 1 fully saturated rings. The molecule has 1 saturated heterocycles. The Morgan fingerprint density at radius 1 is 1.17 bits per heavy atom. The Labute approximate surface area is 109 Å². The van der Waals surface area contributed by atoms with Crippen molar-refractivity contribution in [2.24, 2.45) is 11.3 Å². The van der Waals surface area contributed by atoms with Crippen LogP contribution in [0.15, 0.2) is 0 Å². The highest BCUT2D eigenvalue weighted by Gasteiger charge is 2.34. The molecule has 0 radical (unpaired) electrons. The quantitative estimate of drug-likeness (QED) is 0.617. The van der Waals surface area contributed by atoms with Crippen LogP contribution in [0, 0.1) is 11.3 Å². The molecule has 1 heterocycles. The summed E-state index contributed by atoms with van der Waals surface area (Å²) in [6, 6.07) is 0. The van der Waals surface area contributed by atoms with Crippen molar-refractivity contribution in [3.8, 4) is 0 Å². The van der Waals surface area contributed by atoms with E-state index in [-0.39, 0.29) is 23.1 Å². The number of hydrogen-bond acceptors (Lipinski definition) is 3. The third kappa shape index (κ3) is 4.29. The molecule has 0 aromatic rings. The fourth-order valence-corrected chi connectivity index (χ4v) is 1.98. The fourth-order valence-electron chi connectivity index (χ4n) is 1.98. The van der Waals surface area contributed by atoms with Gasteiger partial charge in [-0.3, -0.25) is 9.59 Å². The Morgan fingerprint density at radius 3 is 2.28 bits per heavy atom. The topological polar surface area (TPSA) is 70.2 Å². The van der Waals surface area contributed by atoms with Gasteiger partial charge >= 0.3 is 0 Å². The molecule has 0 aliphatic carbocycles. The molecule has 0 spiro atoms. The maximum Gasteiger partial charge on any atom is 0.226 e. The van der Waals surface area contributed by atoms with Gasteiger partial charge in [-0.05, 0) is 25.9 Å². The third-order valence-corrected chi connectivity index (χ3v) is 3.49. The van der Waals surface area contributed by atoms with E-state index >= 15 is 0 Å². The molecular formula is C13H25N3O2. The molecule has 5 heteroatoms. The smallest absolute Gasteiger partial charge is 0.226 e. The van der Waals surface area contributed by atoms with Crippen molar-refractivity contribution in [3.63, 3.8) is 0 Å². The van der Waals surface area contributed by atoms with Crippen molar-refractivity contribution in [2.75, 3.05) is 26.2 Å². The molecule has 0 atom stereocenters. The lowest BCUT2D eigenvalue weighted by atomic mass is 9.80. The molecule has 0 aromatic carbocycles. The van der Waals surface area contributed by atoms with Gasteiger partial charge in [0.05, 0.1) is 0 Å². The number of carbonyl (C=O) groups excluding carboxylic acids is 2. The van der Waals surface area contributed by atoms with Gasteiger partial charge in [0.2, 0.25) is 11.8 Å². The van der Waals surface area contributed by atoms with Gasteiger partial charge in [-0.25, -0.2) is 0 Å². The number of nitrogens with one attached hydrogen (secondary N) is 3. The van der Waals surface area contributed by atoms with Crippen molar-refractivity contribution >= 4 is 11.8 Å². The van der Waals surface area contributed by atoms with E-state index in [1.165, 1.54) is 0 Å². The number of rotatable bonds is 5. The SMILES string of the molecule is CC(C)C(=O)NCCNC(=O)C1(C)CCNCC1. The van der Waals surface area contributed by atoms with E-state index in [9.17, 15) is 9.59 Å². The van der Waals surface area contributed by atoms with Gasteiger partial charge in [-0.15, -0.1) is 0 Å². The Morgan fingerprint density at radius 2 is 1.72 bits per heavy atom. The largest absolute Gasteiger partial charge is 0.354 e. The predicted octanol–water partition coefficient (Wildman–Crippen LogP) is 0.265. The minimum atomic E-state index is -0.257. The molecule has 2 amide bonds. The molecule has 0 bridgehead atoms. The average molecular weight is 255 g/mol. The summed E-state index contributed by atoms with van der Waals surface area (Å²) in [5.41, 5.74) is -0.257. The van der Waals surface area contributed by atoms with Crippen molar-refractivity contribution in [1.29, 1.82) is 0 Å². The summed E-state index contributed by atoms with van der Waals surface area (Å²) in [6.45, 7) is 8.50. The molecule has 0 unspecified atom stereocenters. The van der Waals surface area contributed by atoms with E-state index < -0.39 is 0 Å². The summed E-state index contributed by atoms with van der Waals surface area (Å²) in [5, 5.41) is 8.95. The second kappa shape index (κ2) is 6.73. The molecule has 1 rings (SSSR count). The maximum atomic E-state index is 12.0. The van der Waals surface area contributed by atoms with Crippen molar-refractivity contribution in [2.45, 2.75) is 33.6 Å². The highest BCUT2D eigenvalue weighted by molar-refractivity contribution is 5.82. The predicted molar refractivity (Wildman–Crippen MR) is 71.1 cm³/mol. The first-order valence-corrected chi connectivity index (χ1v) is 6.72. The van der Waals surface area contributed by atoms with E-state index in [0.29, 0.717) is 13.1 Å². The highest BCUT2D eigenvalue weighted by Crippen LogP contribution is 2.27. The minimum absolute atomic E-state index is 0.0114. The zero-order chi connectivity index (χ0) is 13.6. The van der Waals surface area contributed by atoms with E-state index in [1.54, 1.807) is 0 Å². The molecular weight excluding hydrogens is 230 g/mol. The van der Waals surface area contributed by atoms with Crippen LogP contribution in [0.1, 0.15) is 33.6 Å². The zero-order valence-electron chi connectivity index (χ0n) is 11.6. The minimum Gasteiger partial charge on any atom is -0.354 e. The summed E-state index contributed by atoms with van der Waals surface area (Å²) in [6.07, 6.45) is 1.74. The molecule has 104 valence electrons. The van der Waals surface area contributed by atoms with Crippen LogP contribution in [0.2, 0.25) is 0 Å². The van der Waals surface area contributed by atoms with Gasteiger partial charge < -0.3 is 16.0 Å². The monoisotopic (exact) mass is 255 g/mol. The second-order valence-corrected chi connectivity index (χ2v) is 5.51. The van der Waals surface area contributed by atoms with E-state index in [1.807, 2.05) is 20.8 Å². The first-order valence-electron chi connectivity index (χ1n) is 6.72. The molecule has 1 aliphatic heterocycles. The van der Waals surface area contributed by atoms with Crippen LogP contribution in [-0.4, -0.2) is 38.0 Å². The van der Waals surface area contributed by atoms with Crippen LogP contribution in [0.5, 0.6) is 0 Å². The average Bonchev–Trinajstić information content (AvgIpc) is 2.34. The van der Waals surface area contributed by atoms with E-state index in [0.717, 1.165) is 25.9 Å². The van der Waals surface area contributed by atoms with Gasteiger partial charge in [-0.2, -0.15) is 0 Å². The molecule has 5 nitrogen and oxygen atoms in total. The Kier molecular flexibility index (Phi) is 5.59. The van der Waals surface area contributed by atoms with Crippen LogP contribution in [0.25, 0.3) is 0 Å². The summed E-state index contributed by atoms with van der Waals surface area (Å²) < 4.78 is 0. The lowest BCUT2D eigenvalue weighted by Crippen LogP contribution is -2.47. The van der Waals surface area contributed by atoms with Crippen molar-refractivity contribution in [3.05, 3.63) is 0 Å². The summed E-state index contributed by atoms with van der Waals surface area (Å²) >= 11 is 0. The van der Waals surface area contributed by atoms with Gasteiger partial charge in [0.1, 0.15) is 0 Å².